The smallest absolute Gasteiger partial charge is 0.319 e. The van der Waals surface area contributed by atoms with Crippen molar-refractivity contribution in [2.45, 2.75) is 45.1 Å². The number of nitrogens with zero attached hydrogens (tertiary/aromatic N) is 1. The van der Waals surface area contributed by atoms with Crippen molar-refractivity contribution in [3.8, 4) is 0 Å². The van der Waals surface area contributed by atoms with Gasteiger partial charge in [-0.3, -0.25) is 5.10 Å². The van der Waals surface area contributed by atoms with E-state index < -0.39 is 0 Å². The number of carbonyl (C=O) groups excluding carboxylic acids is 1. The third-order valence-electron chi connectivity index (χ3n) is 5.14. The molecule has 0 radical (unpaired) electrons. The van der Waals surface area contributed by atoms with E-state index in [0.717, 1.165) is 35.9 Å². The van der Waals surface area contributed by atoms with E-state index in [4.69, 9.17) is 0 Å². The number of H-pyrrole nitrogens is 1. The first kappa shape index (κ1) is 16.6. The highest BCUT2D eigenvalue weighted by Crippen LogP contribution is 2.32. The highest BCUT2D eigenvalue weighted by Gasteiger charge is 2.24. The summed E-state index contributed by atoms with van der Waals surface area (Å²) in [6.07, 6.45) is 7.28. The van der Waals surface area contributed by atoms with Gasteiger partial charge in [0.15, 0.2) is 0 Å². The number of nitrogens with one attached hydrogen (secondary N) is 3. The molecular weight excluding hydrogens is 324 g/mol. The summed E-state index contributed by atoms with van der Waals surface area (Å²) in [6.45, 7) is 2.22. The number of urea groups is 1. The summed E-state index contributed by atoms with van der Waals surface area (Å²) in [5.74, 6) is 0. The largest absolute Gasteiger partial charge is 0.331 e. The Morgan fingerprint density at radius 3 is 3.12 bits per heavy atom. The maximum Gasteiger partial charge on any atom is 0.319 e. The van der Waals surface area contributed by atoms with Crippen molar-refractivity contribution in [2.24, 2.45) is 0 Å². The van der Waals surface area contributed by atoms with Crippen molar-refractivity contribution >= 4 is 22.6 Å². The van der Waals surface area contributed by atoms with Gasteiger partial charge in [-0.25, -0.2) is 4.79 Å². The highest BCUT2D eigenvalue weighted by molar-refractivity contribution is 6.00. The number of benzene rings is 2. The van der Waals surface area contributed by atoms with Gasteiger partial charge in [0, 0.05) is 5.39 Å². The van der Waals surface area contributed by atoms with Crippen LogP contribution in [0.3, 0.4) is 0 Å². The first-order chi connectivity index (χ1) is 12.7. The predicted molar refractivity (Wildman–Crippen MR) is 104 cm³/mol. The number of carbonyl (C=O) groups is 1. The SMILES string of the molecule is CCCCc1ccc2c(c1)CC[C@H]2NC(=O)Nc1cccc2[nH]ncc12. The van der Waals surface area contributed by atoms with Crippen molar-refractivity contribution in [1.82, 2.24) is 15.5 Å². The molecule has 0 saturated carbocycles. The lowest BCUT2D eigenvalue weighted by Gasteiger charge is -2.15. The molecule has 0 fully saturated rings. The molecule has 1 aromatic heterocycles. The van der Waals surface area contributed by atoms with Crippen LogP contribution in [0.4, 0.5) is 10.5 Å². The van der Waals surface area contributed by atoms with E-state index in [1.54, 1.807) is 6.20 Å². The molecule has 1 aliphatic carbocycles. The molecule has 5 nitrogen and oxygen atoms in total. The van der Waals surface area contributed by atoms with Crippen LogP contribution in [0, 0.1) is 0 Å². The summed E-state index contributed by atoms with van der Waals surface area (Å²) in [5, 5.41) is 13.9. The third kappa shape index (κ3) is 3.29. The first-order valence-electron chi connectivity index (χ1n) is 9.36. The monoisotopic (exact) mass is 348 g/mol. The topological polar surface area (TPSA) is 69.8 Å². The number of rotatable bonds is 5. The fourth-order valence-electron chi connectivity index (χ4n) is 3.75. The molecular formula is C21H24N4O. The molecule has 3 aromatic rings. The van der Waals surface area contributed by atoms with Gasteiger partial charge < -0.3 is 10.6 Å². The molecule has 0 spiro atoms. The molecule has 2 amide bonds. The van der Waals surface area contributed by atoms with Crippen LogP contribution in [-0.4, -0.2) is 16.2 Å². The Bertz CT molecular complexity index is 931. The number of amides is 2. The van der Waals surface area contributed by atoms with Crippen molar-refractivity contribution < 1.29 is 4.79 Å². The van der Waals surface area contributed by atoms with Crippen LogP contribution in [0.5, 0.6) is 0 Å². The number of hydrogen-bond donors (Lipinski definition) is 3. The molecule has 26 heavy (non-hydrogen) atoms. The predicted octanol–water partition coefficient (Wildman–Crippen LogP) is 4.71. The second-order valence-corrected chi connectivity index (χ2v) is 6.96. The van der Waals surface area contributed by atoms with Crippen LogP contribution in [-0.2, 0) is 12.8 Å². The fourth-order valence-corrected chi connectivity index (χ4v) is 3.75. The van der Waals surface area contributed by atoms with E-state index in [1.807, 2.05) is 18.2 Å². The molecule has 3 N–H and O–H groups in total. The summed E-state index contributed by atoms with van der Waals surface area (Å²) in [6, 6.07) is 12.3. The van der Waals surface area contributed by atoms with Gasteiger partial charge in [-0.05, 0) is 54.5 Å². The zero-order chi connectivity index (χ0) is 17.9. The fraction of sp³-hybridized carbons (Fsp3) is 0.333. The van der Waals surface area contributed by atoms with Crippen LogP contribution >= 0.6 is 0 Å². The Balaban J connectivity index is 1.44. The Morgan fingerprint density at radius 2 is 2.23 bits per heavy atom. The highest BCUT2D eigenvalue weighted by atomic mass is 16.2. The number of aromatic nitrogens is 2. The molecule has 5 heteroatoms. The lowest BCUT2D eigenvalue weighted by atomic mass is 10.0. The van der Waals surface area contributed by atoms with E-state index in [2.05, 4.69) is 46.0 Å². The lowest BCUT2D eigenvalue weighted by Crippen LogP contribution is -2.31. The summed E-state index contributed by atoms with van der Waals surface area (Å²) in [4.78, 5) is 12.5. The minimum absolute atomic E-state index is 0.0776. The number of aromatic amines is 1. The van der Waals surface area contributed by atoms with Gasteiger partial charge in [0.2, 0.25) is 0 Å². The summed E-state index contributed by atoms with van der Waals surface area (Å²) in [5.41, 5.74) is 5.71. The van der Waals surface area contributed by atoms with Crippen molar-refractivity contribution in [3.05, 3.63) is 59.3 Å². The molecule has 0 saturated heterocycles. The quantitative estimate of drug-likeness (QED) is 0.625. The maximum atomic E-state index is 12.5. The zero-order valence-electron chi connectivity index (χ0n) is 15.0. The molecule has 1 aliphatic rings. The summed E-state index contributed by atoms with van der Waals surface area (Å²) >= 11 is 0. The van der Waals surface area contributed by atoms with Crippen molar-refractivity contribution in [1.29, 1.82) is 0 Å². The molecule has 2 aromatic carbocycles. The number of unbranched alkanes of at least 4 members (excludes halogenated alkanes) is 1. The normalized spacial score (nSPS) is 15.8. The molecule has 134 valence electrons. The molecule has 0 bridgehead atoms. The Hall–Kier alpha value is -2.82. The average Bonchev–Trinajstić information content (AvgIpc) is 3.27. The molecule has 1 atom stereocenters. The number of fused-ring (bicyclic) bond motifs is 2. The average molecular weight is 348 g/mol. The first-order valence-corrected chi connectivity index (χ1v) is 9.36. The molecule has 4 rings (SSSR count). The minimum atomic E-state index is -0.174. The maximum absolute atomic E-state index is 12.5. The van der Waals surface area contributed by atoms with Gasteiger partial charge in [0.25, 0.3) is 0 Å². The second kappa shape index (κ2) is 7.20. The molecule has 0 unspecified atom stereocenters. The summed E-state index contributed by atoms with van der Waals surface area (Å²) < 4.78 is 0. The third-order valence-corrected chi connectivity index (χ3v) is 5.14. The van der Waals surface area contributed by atoms with Gasteiger partial charge in [0.05, 0.1) is 23.4 Å². The Morgan fingerprint density at radius 1 is 1.31 bits per heavy atom. The standard InChI is InChI=1S/C21H24N4O/c1-2-3-5-14-8-10-16-15(12-14)9-11-19(16)24-21(26)23-18-6-4-7-20-17(18)13-22-25-20/h4,6-8,10,12-13,19H,2-3,5,9,11H2,1H3,(H,22,25)(H2,23,24,26)/t19-/m1/s1. The molecule has 1 heterocycles. The zero-order valence-corrected chi connectivity index (χ0v) is 15.0. The van der Waals surface area contributed by atoms with E-state index in [0.29, 0.717) is 0 Å². The van der Waals surface area contributed by atoms with Gasteiger partial charge in [-0.1, -0.05) is 37.6 Å². The Labute approximate surface area is 153 Å². The summed E-state index contributed by atoms with van der Waals surface area (Å²) in [7, 11) is 0. The van der Waals surface area contributed by atoms with Gasteiger partial charge in [-0.2, -0.15) is 5.10 Å². The van der Waals surface area contributed by atoms with Crippen molar-refractivity contribution in [3.63, 3.8) is 0 Å². The van der Waals surface area contributed by atoms with E-state index >= 15 is 0 Å². The number of anilines is 1. The van der Waals surface area contributed by atoms with E-state index in [9.17, 15) is 4.79 Å². The second-order valence-electron chi connectivity index (χ2n) is 6.96. The van der Waals surface area contributed by atoms with Crippen LogP contribution < -0.4 is 10.6 Å². The number of hydrogen-bond acceptors (Lipinski definition) is 2. The van der Waals surface area contributed by atoms with Crippen LogP contribution in [0.1, 0.15) is 48.9 Å². The minimum Gasteiger partial charge on any atom is -0.331 e. The van der Waals surface area contributed by atoms with E-state index in [1.165, 1.54) is 29.5 Å². The van der Waals surface area contributed by atoms with Crippen LogP contribution in [0.15, 0.2) is 42.6 Å². The molecule has 0 aliphatic heterocycles. The van der Waals surface area contributed by atoms with Crippen LogP contribution in [0.25, 0.3) is 10.9 Å². The van der Waals surface area contributed by atoms with Gasteiger partial charge >= 0.3 is 6.03 Å². The van der Waals surface area contributed by atoms with Gasteiger partial charge in [-0.15, -0.1) is 0 Å². The van der Waals surface area contributed by atoms with Crippen LogP contribution in [0.2, 0.25) is 0 Å². The lowest BCUT2D eigenvalue weighted by molar-refractivity contribution is 0.248. The number of aryl methyl sites for hydroxylation is 2. The van der Waals surface area contributed by atoms with Gasteiger partial charge in [0.1, 0.15) is 0 Å². The van der Waals surface area contributed by atoms with E-state index in [-0.39, 0.29) is 12.1 Å². The Kier molecular flexibility index (Phi) is 4.61. The van der Waals surface area contributed by atoms with Crippen molar-refractivity contribution in [2.75, 3.05) is 5.32 Å².